The normalized spacial score (nSPS) is 14.1. The summed E-state index contributed by atoms with van der Waals surface area (Å²) in [5, 5.41) is 8.35. The van der Waals surface area contributed by atoms with Crippen molar-refractivity contribution in [3.63, 3.8) is 0 Å². The summed E-state index contributed by atoms with van der Waals surface area (Å²) in [6.45, 7) is 5.01. The highest BCUT2D eigenvalue weighted by molar-refractivity contribution is 6.30. The first-order chi connectivity index (χ1) is 14.1. The maximum absolute atomic E-state index is 12.5. The summed E-state index contributed by atoms with van der Waals surface area (Å²) in [5.41, 5.74) is 3.88. The van der Waals surface area contributed by atoms with E-state index in [2.05, 4.69) is 10.2 Å². The van der Waals surface area contributed by atoms with E-state index >= 15 is 0 Å². The molecule has 2 heterocycles. The zero-order valence-electron chi connectivity index (χ0n) is 16.3. The van der Waals surface area contributed by atoms with Gasteiger partial charge in [-0.1, -0.05) is 35.9 Å². The molecule has 6 nitrogen and oxygen atoms in total. The van der Waals surface area contributed by atoms with E-state index in [9.17, 15) is 4.79 Å². The molecule has 0 aliphatic carbocycles. The Balaban J connectivity index is 1.58. The number of amides is 1. The first kappa shape index (κ1) is 19.5. The molecule has 1 aromatic heterocycles. The molecule has 0 spiro atoms. The van der Waals surface area contributed by atoms with Gasteiger partial charge in [0.25, 0.3) is 0 Å². The van der Waals surface area contributed by atoms with Gasteiger partial charge in [0.1, 0.15) is 6.54 Å². The lowest BCUT2D eigenvalue weighted by Gasteiger charge is -2.27. The molecule has 1 saturated heterocycles. The highest BCUT2D eigenvalue weighted by atomic mass is 35.5. The Morgan fingerprint density at radius 2 is 1.93 bits per heavy atom. The Hall–Kier alpha value is -2.83. The van der Waals surface area contributed by atoms with E-state index in [-0.39, 0.29) is 12.5 Å². The van der Waals surface area contributed by atoms with Gasteiger partial charge in [-0.3, -0.25) is 9.48 Å². The van der Waals surface area contributed by atoms with Crippen LogP contribution in [0.5, 0.6) is 0 Å². The van der Waals surface area contributed by atoms with Crippen LogP contribution in [-0.4, -0.2) is 42.0 Å². The third-order valence-corrected chi connectivity index (χ3v) is 5.07. The SMILES string of the molecule is Cc1cccc(NC(=O)Cn2cc(-c3ccc(Cl)cc3)c(N3CCOCC3)n2)c1. The number of nitrogens with zero attached hydrogens (tertiary/aromatic N) is 3. The molecule has 1 aliphatic heterocycles. The number of nitrogens with one attached hydrogen (secondary N) is 1. The molecule has 0 radical (unpaired) electrons. The number of morpholine rings is 1. The molecule has 29 heavy (non-hydrogen) atoms. The molecule has 0 saturated carbocycles. The predicted molar refractivity (Wildman–Crippen MR) is 116 cm³/mol. The van der Waals surface area contributed by atoms with E-state index in [0.717, 1.165) is 41.3 Å². The van der Waals surface area contributed by atoms with Gasteiger partial charge in [0.15, 0.2) is 5.82 Å². The second-order valence-electron chi connectivity index (χ2n) is 7.09. The molecule has 0 unspecified atom stereocenters. The van der Waals surface area contributed by atoms with Crippen LogP contribution in [0.1, 0.15) is 5.56 Å². The van der Waals surface area contributed by atoms with Crippen LogP contribution in [0.4, 0.5) is 11.5 Å². The summed E-state index contributed by atoms with van der Waals surface area (Å²) >= 11 is 6.05. The third kappa shape index (κ3) is 4.78. The van der Waals surface area contributed by atoms with Crippen LogP contribution < -0.4 is 10.2 Å². The van der Waals surface area contributed by atoms with Gasteiger partial charge in [-0.05, 0) is 42.3 Å². The highest BCUT2D eigenvalue weighted by Crippen LogP contribution is 2.31. The Morgan fingerprint density at radius 3 is 2.66 bits per heavy atom. The Bertz CT molecular complexity index is 994. The fraction of sp³-hybridized carbons (Fsp3) is 0.273. The molecule has 4 rings (SSSR count). The maximum atomic E-state index is 12.5. The quantitative estimate of drug-likeness (QED) is 0.691. The van der Waals surface area contributed by atoms with Gasteiger partial charge in [0.2, 0.25) is 5.91 Å². The lowest BCUT2D eigenvalue weighted by Crippen LogP contribution is -2.36. The van der Waals surface area contributed by atoms with Crippen molar-refractivity contribution >= 4 is 29.0 Å². The number of hydrogen-bond donors (Lipinski definition) is 1. The van der Waals surface area contributed by atoms with Crippen LogP contribution in [0.3, 0.4) is 0 Å². The van der Waals surface area contributed by atoms with E-state index in [1.54, 1.807) is 4.68 Å². The Kier molecular flexibility index (Phi) is 5.83. The summed E-state index contributed by atoms with van der Waals surface area (Å²) in [7, 11) is 0. The second-order valence-corrected chi connectivity index (χ2v) is 7.52. The zero-order chi connectivity index (χ0) is 20.2. The van der Waals surface area contributed by atoms with Gasteiger partial charge in [-0.25, -0.2) is 0 Å². The number of anilines is 2. The van der Waals surface area contributed by atoms with Gasteiger partial charge in [-0.15, -0.1) is 0 Å². The van der Waals surface area contributed by atoms with Crippen LogP contribution in [0, 0.1) is 6.92 Å². The Morgan fingerprint density at radius 1 is 1.17 bits per heavy atom. The molecule has 1 aliphatic rings. The standard InChI is InChI=1S/C22H23ClN4O2/c1-16-3-2-4-19(13-16)24-21(28)15-27-14-20(17-5-7-18(23)8-6-17)22(25-27)26-9-11-29-12-10-26/h2-8,13-14H,9-12,15H2,1H3,(H,24,28). The first-order valence-electron chi connectivity index (χ1n) is 9.61. The number of carbonyl (C=O) groups is 1. The summed E-state index contributed by atoms with van der Waals surface area (Å²) in [6.07, 6.45) is 1.92. The molecular weight excluding hydrogens is 388 g/mol. The average Bonchev–Trinajstić information content (AvgIpc) is 3.13. The van der Waals surface area contributed by atoms with E-state index in [1.807, 2.05) is 61.7 Å². The molecule has 1 fully saturated rings. The predicted octanol–water partition coefficient (Wildman–Crippen LogP) is 3.99. The molecule has 150 valence electrons. The van der Waals surface area contributed by atoms with E-state index in [4.69, 9.17) is 21.4 Å². The number of hydrogen-bond acceptors (Lipinski definition) is 4. The van der Waals surface area contributed by atoms with E-state index < -0.39 is 0 Å². The minimum absolute atomic E-state index is 0.116. The number of aromatic nitrogens is 2. The van der Waals surface area contributed by atoms with E-state index in [1.165, 1.54) is 0 Å². The number of aryl methyl sites for hydroxylation is 1. The number of ether oxygens (including phenoxy) is 1. The zero-order valence-corrected chi connectivity index (χ0v) is 17.0. The number of halogens is 1. The van der Waals surface area contributed by atoms with Crippen molar-refractivity contribution in [2.24, 2.45) is 0 Å². The molecule has 0 atom stereocenters. The van der Waals surface area contributed by atoms with Crippen LogP contribution in [0.25, 0.3) is 11.1 Å². The molecule has 2 aromatic carbocycles. The molecule has 7 heteroatoms. The molecule has 0 bridgehead atoms. The van der Waals surface area contributed by atoms with Crippen LogP contribution in [-0.2, 0) is 16.1 Å². The van der Waals surface area contributed by atoms with Crippen molar-refractivity contribution in [3.8, 4) is 11.1 Å². The van der Waals surface area contributed by atoms with Crippen molar-refractivity contribution in [3.05, 3.63) is 65.3 Å². The van der Waals surface area contributed by atoms with Crippen molar-refractivity contribution in [1.29, 1.82) is 0 Å². The van der Waals surface area contributed by atoms with Crippen molar-refractivity contribution < 1.29 is 9.53 Å². The lowest BCUT2D eigenvalue weighted by atomic mass is 10.1. The van der Waals surface area contributed by atoms with Gasteiger partial charge in [0.05, 0.1) is 13.2 Å². The molecular formula is C22H23ClN4O2. The van der Waals surface area contributed by atoms with Gasteiger partial charge in [0, 0.05) is 35.6 Å². The topological polar surface area (TPSA) is 59.4 Å². The number of benzene rings is 2. The first-order valence-corrected chi connectivity index (χ1v) is 9.99. The largest absolute Gasteiger partial charge is 0.378 e. The minimum Gasteiger partial charge on any atom is -0.378 e. The van der Waals surface area contributed by atoms with Gasteiger partial charge >= 0.3 is 0 Å². The summed E-state index contributed by atoms with van der Waals surface area (Å²) < 4.78 is 7.17. The minimum atomic E-state index is -0.116. The summed E-state index contributed by atoms with van der Waals surface area (Å²) in [4.78, 5) is 14.7. The molecule has 1 amide bonds. The Labute approximate surface area is 175 Å². The summed E-state index contributed by atoms with van der Waals surface area (Å²) in [5.74, 6) is 0.744. The lowest BCUT2D eigenvalue weighted by molar-refractivity contribution is -0.116. The number of rotatable bonds is 5. The van der Waals surface area contributed by atoms with Gasteiger partial charge in [-0.2, -0.15) is 5.10 Å². The smallest absolute Gasteiger partial charge is 0.246 e. The van der Waals surface area contributed by atoms with Crippen molar-refractivity contribution in [2.75, 3.05) is 36.5 Å². The van der Waals surface area contributed by atoms with Crippen molar-refractivity contribution in [1.82, 2.24) is 9.78 Å². The fourth-order valence-electron chi connectivity index (χ4n) is 3.40. The number of carbonyl (C=O) groups excluding carboxylic acids is 1. The third-order valence-electron chi connectivity index (χ3n) is 4.82. The second kappa shape index (κ2) is 8.68. The fourth-order valence-corrected chi connectivity index (χ4v) is 3.53. The van der Waals surface area contributed by atoms with Crippen molar-refractivity contribution in [2.45, 2.75) is 13.5 Å². The summed E-state index contributed by atoms with van der Waals surface area (Å²) in [6, 6.07) is 15.4. The van der Waals surface area contributed by atoms with Crippen LogP contribution in [0.2, 0.25) is 5.02 Å². The van der Waals surface area contributed by atoms with Crippen LogP contribution >= 0.6 is 11.6 Å². The van der Waals surface area contributed by atoms with E-state index in [0.29, 0.717) is 18.2 Å². The maximum Gasteiger partial charge on any atom is 0.246 e. The highest BCUT2D eigenvalue weighted by Gasteiger charge is 2.20. The molecule has 3 aromatic rings. The van der Waals surface area contributed by atoms with Crippen LogP contribution in [0.15, 0.2) is 54.7 Å². The average molecular weight is 411 g/mol. The molecule has 1 N–H and O–H groups in total. The van der Waals surface area contributed by atoms with Gasteiger partial charge < -0.3 is 15.0 Å². The monoisotopic (exact) mass is 410 g/mol.